The Morgan fingerprint density at radius 1 is 0.306 bits per heavy atom. The number of aliphatic hydroxyl groups excluding tert-OH is 6. The number of hydrogen-bond donors (Lipinski definition) is 6. The Balaban J connectivity index is 0.000000124. The maximum absolute atomic E-state index is 12.9. The lowest BCUT2D eigenvalue weighted by Crippen LogP contribution is -2.30. The van der Waals surface area contributed by atoms with E-state index in [1.165, 1.54) is 13.7 Å². The van der Waals surface area contributed by atoms with Crippen LogP contribution in [0.1, 0.15) is 47.8 Å². The molecule has 0 spiro atoms. The Labute approximate surface area is 408 Å². The smallest absolute Gasteiger partial charge is 0.259 e. The Kier molecular flexibility index (Phi) is 12.6. The van der Waals surface area contributed by atoms with Gasteiger partial charge in [0, 0.05) is 65.7 Å². The van der Waals surface area contributed by atoms with Gasteiger partial charge in [0.25, 0.3) is 16.7 Å². The van der Waals surface area contributed by atoms with Crippen LogP contribution < -0.4 is 16.7 Å². The van der Waals surface area contributed by atoms with E-state index in [1.54, 1.807) is 127 Å². The number of ketones is 3. The van der Waals surface area contributed by atoms with Gasteiger partial charge in [-0.15, -0.1) is 0 Å². The lowest BCUT2D eigenvalue weighted by atomic mass is 10.0. The fraction of sp³-hybridized carbons (Fsp3) is 0.158. The molecule has 0 radical (unpaired) electrons. The summed E-state index contributed by atoms with van der Waals surface area (Å²) < 4.78 is 4.22. The molecule has 360 valence electrons. The molecule has 0 fully saturated rings. The molecule has 3 aliphatic rings. The summed E-state index contributed by atoms with van der Waals surface area (Å²) in [5.74, 6) is -0.364. The van der Waals surface area contributed by atoms with Crippen LogP contribution in [0.25, 0.3) is 66.1 Å². The zero-order valence-corrected chi connectivity index (χ0v) is 38.3. The third-order valence-corrected chi connectivity index (χ3v) is 13.3. The standard InChI is InChI=1S/3C19H15NO4/c3*21-10-11(22)9-20-17-13-6-2-3-7-14(13)18(23)16(17)12-5-1-4-8-15(12)19(20)24/h3*1-8,11,21-22H,9-10H2/t2*11-;/m10./s1. The highest BCUT2D eigenvalue weighted by Gasteiger charge is 2.35. The first-order valence-corrected chi connectivity index (χ1v) is 23.2. The van der Waals surface area contributed by atoms with Gasteiger partial charge in [-0.2, -0.15) is 0 Å². The van der Waals surface area contributed by atoms with E-state index in [1.807, 2.05) is 18.2 Å². The zero-order valence-electron chi connectivity index (χ0n) is 38.3. The maximum atomic E-state index is 12.9. The molecule has 3 aromatic heterocycles. The van der Waals surface area contributed by atoms with Crippen molar-refractivity contribution in [2.45, 2.75) is 37.9 Å². The zero-order chi connectivity index (χ0) is 50.5. The molecule has 12 rings (SSSR count). The normalized spacial score (nSPS) is 13.8. The molecule has 0 saturated carbocycles. The molecule has 3 atom stereocenters. The highest BCUT2D eigenvalue weighted by Crippen LogP contribution is 2.42. The monoisotopic (exact) mass is 963 g/mol. The van der Waals surface area contributed by atoms with Crippen molar-refractivity contribution in [3.8, 4) is 33.8 Å². The van der Waals surface area contributed by atoms with Crippen molar-refractivity contribution in [1.82, 2.24) is 13.7 Å². The topological polar surface area (TPSA) is 239 Å². The first kappa shape index (κ1) is 47.4. The number of nitrogens with zero attached hydrogens (tertiary/aromatic N) is 3. The summed E-state index contributed by atoms with van der Waals surface area (Å²) in [5.41, 5.74) is 5.89. The Morgan fingerprint density at radius 2 is 0.514 bits per heavy atom. The molecule has 6 aromatic carbocycles. The second-order valence-corrected chi connectivity index (χ2v) is 17.7. The van der Waals surface area contributed by atoms with E-state index >= 15 is 0 Å². The van der Waals surface area contributed by atoms with Crippen LogP contribution in [0.3, 0.4) is 0 Å². The number of rotatable bonds is 9. The first-order chi connectivity index (χ1) is 34.9. The summed E-state index contributed by atoms with van der Waals surface area (Å²) in [6.07, 6.45) is -3.22. The van der Waals surface area contributed by atoms with Gasteiger partial charge in [0.15, 0.2) is 17.3 Å². The molecule has 3 aliphatic carbocycles. The minimum Gasteiger partial charge on any atom is -0.394 e. The fourth-order valence-corrected chi connectivity index (χ4v) is 10.1. The second kappa shape index (κ2) is 19.1. The number of hydrogen-bond acceptors (Lipinski definition) is 12. The highest BCUT2D eigenvalue weighted by molar-refractivity contribution is 6.28. The van der Waals surface area contributed by atoms with Crippen molar-refractivity contribution in [3.05, 3.63) is 210 Å². The number of pyridine rings is 3. The molecular formula is C57H45N3O12. The molecule has 0 saturated heterocycles. The van der Waals surface area contributed by atoms with Crippen LogP contribution in [-0.2, 0) is 19.6 Å². The van der Waals surface area contributed by atoms with Gasteiger partial charge < -0.3 is 44.3 Å². The molecule has 72 heavy (non-hydrogen) atoms. The first-order valence-electron chi connectivity index (χ1n) is 23.2. The summed E-state index contributed by atoms with van der Waals surface area (Å²) in [6.45, 7) is -1.56. The molecule has 1 unspecified atom stereocenters. The van der Waals surface area contributed by atoms with Crippen molar-refractivity contribution in [3.63, 3.8) is 0 Å². The predicted molar refractivity (Wildman–Crippen MR) is 271 cm³/mol. The third-order valence-electron chi connectivity index (χ3n) is 13.3. The number of carbonyl (C=O) groups is 3. The predicted octanol–water partition coefficient (Wildman–Crippen LogP) is 4.70. The van der Waals surface area contributed by atoms with Crippen molar-refractivity contribution in [2.24, 2.45) is 0 Å². The molecule has 0 aliphatic heterocycles. The molecule has 3 heterocycles. The van der Waals surface area contributed by atoms with E-state index < -0.39 is 38.1 Å². The van der Waals surface area contributed by atoms with Gasteiger partial charge in [-0.25, -0.2) is 0 Å². The SMILES string of the molecule is O=C1c2ccccc2-c2c1c1ccccc1c(=O)n2CC(O)CO.O=C1c2ccccc2-c2c1c1ccccc1c(=O)n2C[C@@H](O)CO.O=C1c2ccccc2-c2c1c1ccccc1c(=O)n2C[C@H](O)CO. The molecule has 0 bridgehead atoms. The summed E-state index contributed by atoms with van der Waals surface area (Å²) in [5, 5.41) is 60.2. The van der Waals surface area contributed by atoms with Crippen molar-refractivity contribution in [1.29, 1.82) is 0 Å². The maximum Gasteiger partial charge on any atom is 0.259 e. The fourth-order valence-electron chi connectivity index (χ4n) is 10.1. The molecule has 0 amide bonds. The van der Waals surface area contributed by atoms with Crippen molar-refractivity contribution in [2.75, 3.05) is 19.8 Å². The van der Waals surface area contributed by atoms with Crippen LogP contribution in [0.2, 0.25) is 0 Å². The second-order valence-electron chi connectivity index (χ2n) is 17.7. The van der Waals surface area contributed by atoms with E-state index in [9.17, 15) is 44.1 Å². The van der Waals surface area contributed by atoms with E-state index in [2.05, 4.69) is 0 Å². The lowest BCUT2D eigenvalue weighted by Gasteiger charge is -2.17. The Bertz CT molecular complexity index is 3510. The van der Waals surface area contributed by atoms with Crippen LogP contribution in [-0.4, -0.2) is 99.8 Å². The number of carbonyl (C=O) groups excluding carboxylic acids is 3. The van der Waals surface area contributed by atoms with Crippen LogP contribution in [0.5, 0.6) is 0 Å². The van der Waals surface area contributed by atoms with E-state index in [0.29, 0.717) is 99.5 Å². The van der Waals surface area contributed by atoms with Crippen LogP contribution >= 0.6 is 0 Å². The average molecular weight is 964 g/mol. The molecular weight excluding hydrogens is 919 g/mol. The van der Waals surface area contributed by atoms with Gasteiger partial charge in [-0.3, -0.25) is 28.8 Å². The summed E-state index contributed by atoms with van der Waals surface area (Å²) in [7, 11) is 0. The van der Waals surface area contributed by atoms with Gasteiger partial charge in [-0.05, 0) is 18.2 Å². The highest BCUT2D eigenvalue weighted by atomic mass is 16.3. The van der Waals surface area contributed by atoms with Gasteiger partial charge in [0.2, 0.25) is 0 Å². The molecule has 9 aromatic rings. The van der Waals surface area contributed by atoms with E-state index in [-0.39, 0.29) is 53.7 Å². The molecule has 15 heteroatoms. The van der Waals surface area contributed by atoms with Gasteiger partial charge in [-0.1, -0.05) is 127 Å². The minimum atomic E-state index is -1.07. The molecule has 15 nitrogen and oxygen atoms in total. The summed E-state index contributed by atoms with van der Waals surface area (Å²) >= 11 is 0. The van der Waals surface area contributed by atoms with Gasteiger partial charge in [0.1, 0.15) is 0 Å². The Morgan fingerprint density at radius 3 is 0.750 bits per heavy atom. The average Bonchev–Trinajstić information content (AvgIpc) is 4.01. The number of aliphatic hydroxyl groups is 6. The molecule has 6 N–H and O–H groups in total. The number of aromatic nitrogens is 3. The Hall–Kier alpha value is -8.28. The lowest BCUT2D eigenvalue weighted by molar-refractivity contribution is 0.0808. The van der Waals surface area contributed by atoms with Crippen LogP contribution in [0, 0.1) is 0 Å². The minimum absolute atomic E-state index is 0.0654. The largest absolute Gasteiger partial charge is 0.394 e. The van der Waals surface area contributed by atoms with Crippen LogP contribution in [0.15, 0.2) is 160 Å². The van der Waals surface area contributed by atoms with Crippen molar-refractivity contribution >= 4 is 49.7 Å². The van der Waals surface area contributed by atoms with E-state index in [0.717, 1.165) is 0 Å². The van der Waals surface area contributed by atoms with Crippen molar-refractivity contribution < 1.29 is 45.0 Å². The number of fused-ring (bicyclic) bond motifs is 15. The van der Waals surface area contributed by atoms with Crippen LogP contribution in [0.4, 0.5) is 0 Å². The summed E-state index contributed by atoms with van der Waals surface area (Å²) in [4.78, 5) is 77.4. The quantitative estimate of drug-likeness (QED) is 0.116. The number of benzene rings is 6. The third kappa shape index (κ3) is 7.72. The van der Waals surface area contributed by atoms with Gasteiger partial charge in [0.05, 0.1) is 91.5 Å². The van der Waals surface area contributed by atoms with Gasteiger partial charge >= 0.3 is 0 Å². The summed E-state index contributed by atoms with van der Waals surface area (Å²) in [6, 6.07) is 42.4. The van der Waals surface area contributed by atoms with E-state index in [4.69, 9.17) is 15.3 Å².